The van der Waals surface area contributed by atoms with Gasteiger partial charge in [-0.25, -0.2) is 0 Å². The number of benzene rings is 1. The summed E-state index contributed by atoms with van der Waals surface area (Å²) in [4.78, 5) is 11.9. The average molecular weight is 331 g/mol. The largest absolute Gasteiger partial charge is 0.374 e. The van der Waals surface area contributed by atoms with Gasteiger partial charge in [-0.15, -0.1) is 10.2 Å². The molecule has 0 spiro atoms. The zero-order valence-corrected chi connectivity index (χ0v) is 12.7. The van der Waals surface area contributed by atoms with Crippen molar-refractivity contribution in [2.45, 2.75) is 12.8 Å². The van der Waals surface area contributed by atoms with Crippen LogP contribution in [0.3, 0.4) is 0 Å². The Morgan fingerprint density at radius 3 is 2.75 bits per heavy atom. The molecule has 3 N–H and O–H groups in total. The van der Waals surface area contributed by atoms with Gasteiger partial charge in [0, 0.05) is 18.5 Å². The van der Waals surface area contributed by atoms with E-state index in [0.29, 0.717) is 27.3 Å². The van der Waals surface area contributed by atoms with E-state index >= 15 is 0 Å². The van der Waals surface area contributed by atoms with Crippen LogP contribution in [0.2, 0.25) is 10.0 Å². The summed E-state index contributed by atoms with van der Waals surface area (Å²) in [5, 5.41) is 12.6. The molecule has 106 valence electrons. The van der Waals surface area contributed by atoms with Crippen LogP contribution in [0.15, 0.2) is 18.2 Å². The van der Waals surface area contributed by atoms with E-state index in [4.69, 9.17) is 28.9 Å². The summed E-state index contributed by atoms with van der Waals surface area (Å²) in [6.07, 6.45) is 1.50. The van der Waals surface area contributed by atoms with Crippen molar-refractivity contribution in [3.05, 3.63) is 38.8 Å². The number of nitrogen functional groups attached to an aromatic ring is 1. The molecule has 20 heavy (non-hydrogen) atoms. The summed E-state index contributed by atoms with van der Waals surface area (Å²) >= 11 is 13.0. The minimum atomic E-state index is -0.180. The maximum Gasteiger partial charge on any atom is 0.251 e. The number of hydrogen-bond donors (Lipinski definition) is 2. The molecule has 0 bridgehead atoms. The summed E-state index contributed by atoms with van der Waals surface area (Å²) in [6, 6.07) is 4.78. The monoisotopic (exact) mass is 330 g/mol. The van der Waals surface area contributed by atoms with Gasteiger partial charge in [0.2, 0.25) is 5.13 Å². The molecule has 0 aliphatic rings. The fourth-order valence-corrected chi connectivity index (χ4v) is 2.50. The SMILES string of the molecule is Nc1nnc(CCCNC(=O)c2ccc(Cl)c(Cl)c2)s1. The molecular weight excluding hydrogens is 319 g/mol. The molecule has 0 saturated heterocycles. The maximum absolute atomic E-state index is 11.9. The van der Waals surface area contributed by atoms with E-state index in [0.717, 1.165) is 17.8 Å². The summed E-state index contributed by atoms with van der Waals surface area (Å²) in [5.41, 5.74) is 5.97. The Bertz CT molecular complexity index is 617. The van der Waals surface area contributed by atoms with Crippen LogP contribution >= 0.6 is 34.5 Å². The molecule has 0 atom stereocenters. The number of amides is 1. The van der Waals surface area contributed by atoms with Crippen LogP contribution in [-0.2, 0) is 6.42 Å². The predicted molar refractivity (Wildman–Crippen MR) is 81.4 cm³/mol. The van der Waals surface area contributed by atoms with E-state index < -0.39 is 0 Å². The van der Waals surface area contributed by atoms with Crippen molar-refractivity contribution in [1.82, 2.24) is 15.5 Å². The quantitative estimate of drug-likeness (QED) is 0.826. The minimum absolute atomic E-state index is 0.180. The van der Waals surface area contributed by atoms with Gasteiger partial charge in [0.1, 0.15) is 5.01 Å². The second kappa shape index (κ2) is 6.88. The molecule has 2 rings (SSSR count). The van der Waals surface area contributed by atoms with Crippen LogP contribution in [-0.4, -0.2) is 22.6 Å². The highest BCUT2D eigenvalue weighted by Gasteiger charge is 2.07. The first kappa shape index (κ1) is 15.0. The summed E-state index contributed by atoms with van der Waals surface area (Å²) < 4.78 is 0. The van der Waals surface area contributed by atoms with Gasteiger partial charge in [-0.3, -0.25) is 4.79 Å². The van der Waals surface area contributed by atoms with Gasteiger partial charge < -0.3 is 11.1 Å². The molecule has 2 aromatic rings. The van der Waals surface area contributed by atoms with Gasteiger partial charge in [0.15, 0.2) is 0 Å². The highest BCUT2D eigenvalue weighted by molar-refractivity contribution is 7.15. The third-order valence-corrected chi connectivity index (χ3v) is 4.07. The first-order chi connectivity index (χ1) is 9.56. The van der Waals surface area contributed by atoms with Crippen molar-refractivity contribution in [1.29, 1.82) is 0 Å². The average Bonchev–Trinajstić information content (AvgIpc) is 2.83. The van der Waals surface area contributed by atoms with Crippen molar-refractivity contribution < 1.29 is 4.79 Å². The Labute approximate surface area is 130 Å². The molecular formula is C12H12Cl2N4OS. The molecule has 1 amide bonds. The minimum Gasteiger partial charge on any atom is -0.374 e. The van der Waals surface area contributed by atoms with Crippen molar-refractivity contribution in [2.24, 2.45) is 0 Å². The molecule has 1 aromatic heterocycles. The molecule has 0 saturated carbocycles. The zero-order valence-electron chi connectivity index (χ0n) is 10.4. The molecule has 0 radical (unpaired) electrons. The van der Waals surface area contributed by atoms with Crippen molar-refractivity contribution in [3.63, 3.8) is 0 Å². The van der Waals surface area contributed by atoms with Gasteiger partial charge in [-0.1, -0.05) is 34.5 Å². The van der Waals surface area contributed by atoms with Gasteiger partial charge in [-0.05, 0) is 24.6 Å². The van der Waals surface area contributed by atoms with Crippen LogP contribution < -0.4 is 11.1 Å². The summed E-state index contributed by atoms with van der Waals surface area (Å²) in [7, 11) is 0. The number of nitrogens with zero attached hydrogens (tertiary/aromatic N) is 2. The van der Waals surface area contributed by atoms with Gasteiger partial charge in [0.05, 0.1) is 10.0 Å². The maximum atomic E-state index is 11.9. The second-order valence-electron chi connectivity index (χ2n) is 4.02. The number of nitrogens with one attached hydrogen (secondary N) is 1. The third kappa shape index (κ3) is 4.06. The van der Waals surface area contributed by atoms with Gasteiger partial charge in [0.25, 0.3) is 5.91 Å². The number of rotatable bonds is 5. The Hall–Kier alpha value is -1.37. The van der Waals surface area contributed by atoms with Crippen LogP contribution in [0, 0.1) is 0 Å². The molecule has 0 fully saturated rings. The Kier molecular flexibility index (Phi) is 5.17. The highest BCUT2D eigenvalue weighted by atomic mass is 35.5. The molecule has 1 heterocycles. The van der Waals surface area contributed by atoms with Crippen LogP contribution in [0.4, 0.5) is 5.13 Å². The summed E-state index contributed by atoms with van der Waals surface area (Å²) in [6.45, 7) is 0.540. The number of aryl methyl sites for hydroxylation is 1. The van der Waals surface area contributed by atoms with Crippen LogP contribution in [0.5, 0.6) is 0 Å². The number of nitrogens with two attached hydrogens (primary N) is 1. The smallest absolute Gasteiger partial charge is 0.251 e. The molecule has 0 aliphatic carbocycles. The second-order valence-corrected chi connectivity index (χ2v) is 5.93. The van der Waals surface area contributed by atoms with Crippen molar-refractivity contribution in [3.8, 4) is 0 Å². The number of carbonyl (C=O) groups is 1. The lowest BCUT2D eigenvalue weighted by atomic mass is 10.2. The molecule has 1 aromatic carbocycles. The molecule has 5 nitrogen and oxygen atoms in total. The Balaban J connectivity index is 1.78. The van der Waals surface area contributed by atoms with Gasteiger partial charge >= 0.3 is 0 Å². The molecule has 8 heteroatoms. The van der Waals surface area contributed by atoms with E-state index in [1.54, 1.807) is 18.2 Å². The first-order valence-corrected chi connectivity index (χ1v) is 7.44. The third-order valence-electron chi connectivity index (χ3n) is 2.52. The van der Waals surface area contributed by atoms with E-state index in [1.807, 2.05) is 0 Å². The topological polar surface area (TPSA) is 80.9 Å². The Morgan fingerprint density at radius 2 is 2.10 bits per heavy atom. The number of anilines is 1. The summed E-state index contributed by atoms with van der Waals surface area (Å²) in [5.74, 6) is -0.180. The Morgan fingerprint density at radius 1 is 1.30 bits per heavy atom. The standard InChI is InChI=1S/C12H12Cl2N4OS/c13-8-4-3-7(6-9(8)14)11(19)16-5-1-2-10-17-18-12(15)20-10/h3-4,6H,1-2,5H2,(H2,15,18)(H,16,19). The van der Waals surface area contributed by atoms with Crippen molar-refractivity contribution in [2.75, 3.05) is 12.3 Å². The van der Waals surface area contributed by atoms with E-state index in [1.165, 1.54) is 11.3 Å². The highest BCUT2D eigenvalue weighted by Crippen LogP contribution is 2.22. The lowest BCUT2D eigenvalue weighted by Crippen LogP contribution is -2.24. The zero-order chi connectivity index (χ0) is 14.5. The fourth-order valence-electron chi connectivity index (χ4n) is 1.55. The fraction of sp³-hybridized carbons (Fsp3) is 0.250. The van der Waals surface area contributed by atoms with Crippen LogP contribution in [0.25, 0.3) is 0 Å². The number of aromatic nitrogens is 2. The predicted octanol–water partition coefficient (Wildman–Crippen LogP) is 2.79. The lowest BCUT2D eigenvalue weighted by Gasteiger charge is -2.05. The van der Waals surface area contributed by atoms with Gasteiger partial charge in [-0.2, -0.15) is 0 Å². The van der Waals surface area contributed by atoms with Crippen molar-refractivity contribution >= 4 is 45.6 Å². The lowest BCUT2D eigenvalue weighted by molar-refractivity contribution is 0.0953. The number of halogens is 2. The number of hydrogen-bond acceptors (Lipinski definition) is 5. The van der Waals surface area contributed by atoms with E-state index in [-0.39, 0.29) is 5.91 Å². The van der Waals surface area contributed by atoms with E-state index in [2.05, 4.69) is 15.5 Å². The van der Waals surface area contributed by atoms with E-state index in [9.17, 15) is 4.79 Å². The molecule has 0 aliphatic heterocycles. The molecule has 0 unspecified atom stereocenters. The number of carbonyl (C=O) groups excluding carboxylic acids is 1. The normalized spacial score (nSPS) is 10.5. The first-order valence-electron chi connectivity index (χ1n) is 5.87. The van der Waals surface area contributed by atoms with Crippen LogP contribution in [0.1, 0.15) is 21.8 Å².